The first kappa shape index (κ1) is 15.9. The third-order valence-corrected chi connectivity index (χ3v) is 3.98. The number of carbonyl (C=O) groups excluding carboxylic acids is 1. The van der Waals surface area contributed by atoms with Gasteiger partial charge in [-0.3, -0.25) is 14.7 Å². The van der Waals surface area contributed by atoms with Gasteiger partial charge >= 0.3 is 0 Å². The minimum absolute atomic E-state index is 0.122. The molecule has 0 saturated carbocycles. The summed E-state index contributed by atoms with van der Waals surface area (Å²) in [6.07, 6.45) is 5.54. The average Bonchev–Trinajstić information content (AvgIpc) is 3.38. The van der Waals surface area contributed by atoms with Gasteiger partial charge in [-0.1, -0.05) is 12.1 Å². The van der Waals surface area contributed by atoms with Crippen LogP contribution in [0.2, 0.25) is 0 Å². The molecule has 1 N–H and O–H groups in total. The number of hydrogen-bond donors (Lipinski definition) is 1. The van der Waals surface area contributed by atoms with Crippen molar-refractivity contribution in [3.63, 3.8) is 0 Å². The Morgan fingerprint density at radius 2 is 1.73 bits per heavy atom. The van der Waals surface area contributed by atoms with Crippen molar-refractivity contribution in [2.24, 2.45) is 0 Å². The number of amides is 1. The maximum absolute atomic E-state index is 12.8. The van der Waals surface area contributed by atoms with E-state index in [-0.39, 0.29) is 31.1 Å². The van der Waals surface area contributed by atoms with Gasteiger partial charge < -0.3 is 13.7 Å². The normalized spacial score (nSPS) is 11.1. The van der Waals surface area contributed by atoms with Crippen LogP contribution in [0.3, 0.4) is 0 Å². The van der Waals surface area contributed by atoms with Crippen LogP contribution in [0.15, 0.2) is 63.2 Å². The smallest absolute Gasteiger partial charge is 0.274 e. The minimum Gasteiger partial charge on any atom is -0.451 e. The molecule has 9 heteroatoms. The fraction of sp³-hybridized carbons (Fsp3) is 0.176. The van der Waals surface area contributed by atoms with Crippen molar-refractivity contribution < 1.29 is 13.6 Å². The fourth-order valence-corrected chi connectivity index (χ4v) is 2.71. The number of hydrogen-bond acceptors (Lipinski definition) is 6. The number of carbonyl (C=O) groups is 1. The first-order valence-electron chi connectivity index (χ1n) is 7.90. The van der Waals surface area contributed by atoms with Gasteiger partial charge in [-0.15, -0.1) is 0 Å². The number of para-hydroxylation sites is 1. The second-order valence-electron chi connectivity index (χ2n) is 5.76. The molecule has 0 radical (unpaired) electrons. The van der Waals surface area contributed by atoms with Gasteiger partial charge in [-0.25, -0.2) is 14.6 Å². The summed E-state index contributed by atoms with van der Waals surface area (Å²) in [7, 11) is 0. The Bertz CT molecular complexity index is 1030. The summed E-state index contributed by atoms with van der Waals surface area (Å²) >= 11 is 0. The Balaban J connectivity index is 1.58. The second kappa shape index (κ2) is 6.71. The summed E-state index contributed by atoms with van der Waals surface area (Å²) in [5.41, 5.74) is 1.65. The zero-order valence-electron chi connectivity index (χ0n) is 13.7. The number of nitrogens with one attached hydrogen (secondary N) is 1. The van der Waals surface area contributed by atoms with Gasteiger partial charge in [0.2, 0.25) is 5.91 Å². The highest BCUT2D eigenvalue weighted by molar-refractivity contribution is 5.79. The molecule has 0 spiro atoms. The highest BCUT2D eigenvalue weighted by atomic mass is 16.3. The molecule has 4 rings (SSSR count). The van der Waals surface area contributed by atoms with E-state index < -0.39 is 0 Å². The van der Waals surface area contributed by atoms with Crippen molar-refractivity contribution in [3.8, 4) is 0 Å². The van der Waals surface area contributed by atoms with Gasteiger partial charge in [-0.05, 0) is 12.1 Å². The molecule has 26 heavy (non-hydrogen) atoms. The van der Waals surface area contributed by atoms with Crippen LogP contribution in [-0.4, -0.2) is 30.6 Å². The van der Waals surface area contributed by atoms with Gasteiger partial charge in [0, 0.05) is 0 Å². The number of aromatic amines is 1. The quantitative estimate of drug-likeness (QED) is 0.563. The lowest BCUT2D eigenvalue weighted by molar-refractivity contribution is -0.133. The number of oxazole rings is 2. The summed E-state index contributed by atoms with van der Waals surface area (Å²) in [5.74, 6) is -0.260. The van der Waals surface area contributed by atoms with Crippen LogP contribution < -0.4 is 5.56 Å². The molecule has 9 nitrogen and oxygen atoms in total. The van der Waals surface area contributed by atoms with Crippen LogP contribution in [0.4, 0.5) is 0 Å². The van der Waals surface area contributed by atoms with Crippen molar-refractivity contribution >= 4 is 16.8 Å². The standard InChI is InChI=1S/C17H15N5O4/c23-16(7-22-17(24)14-3-1-2-4-15(14)20-22)21(5-12-8-25-10-18-12)6-13-9-26-11-19-13/h1-4,8-11,20H,5-7H2. The van der Waals surface area contributed by atoms with Crippen molar-refractivity contribution in [2.45, 2.75) is 19.6 Å². The van der Waals surface area contributed by atoms with Crippen molar-refractivity contribution in [2.75, 3.05) is 0 Å². The summed E-state index contributed by atoms with van der Waals surface area (Å²) in [4.78, 5) is 34.9. The zero-order chi connectivity index (χ0) is 17.9. The Labute approximate surface area is 146 Å². The summed E-state index contributed by atoms with van der Waals surface area (Å²) in [6.45, 7) is 0.345. The molecule has 0 aliphatic rings. The molecule has 1 amide bonds. The van der Waals surface area contributed by atoms with Gasteiger partial charge in [-0.2, -0.15) is 0 Å². The van der Waals surface area contributed by atoms with E-state index in [0.29, 0.717) is 22.3 Å². The average molecular weight is 353 g/mol. The number of rotatable bonds is 6. The van der Waals surface area contributed by atoms with Crippen LogP contribution >= 0.6 is 0 Å². The van der Waals surface area contributed by atoms with E-state index in [0.717, 1.165) is 0 Å². The third-order valence-electron chi connectivity index (χ3n) is 3.98. The molecular formula is C17H15N5O4. The molecule has 3 aromatic heterocycles. The molecule has 0 bridgehead atoms. The number of aromatic nitrogens is 4. The predicted octanol–water partition coefficient (Wildman–Crippen LogP) is 1.53. The second-order valence-corrected chi connectivity index (χ2v) is 5.76. The lowest BCUT2D eigenvalue weighted by Crippen LogP contribution is -2.35. The van der Waals surface area contributed by atoms with E-state index in [4.69, 9.17) is 8.83 Å². The van der Waals surface area contributed by atoms with E-state index in [2.05, 4.69) is 15.1 Å². The van der Waals surface area contributed by atoms with Gasteiger partial charge in [0.25, 0.3) is 5.56 Å². The number of fused-ring (bicyclic) bond motifs is 1. The highest BCUT2D eigenvalue weighted by Crippen LogP contribution is 2.10. The van der Waals surface area contributed by atoms with E-state index in [1.54, 1.807) is 18.2 Å². The maximum Gasteiger partial charge on any atom is 0.274 e. The number of nitrogens with zero attached hydrogens (tertiary/aromatic N) is 4. The van der Waals surface area contributed by atoms with Crippen LogP contribution in [0, 0.1) is 0 Å². The zero-order valence-corrected chi connectivity index (χ0v) is 13.7. The summed E-state index contributed by atoms with van der Waals surface area (Å²) < 4.78 is 11.2. The minimum atomic E-state index is -0.260. The first-order valence-corrected chi connectivity index (χ1v) is 7.90. The van der Waals surface area contributed by atoms with Crippen LogP contribution in [-0.2, 0) is 24.4 Å². The van der Waals surface area contributed by atoms with Crippen molar-refractivity contribution in [1.29, 1.82) is 0 Å². The van der Waals surface area contributed by atoms with Gasteiger partial charge in [0.05, 0.1) is 35.4 Å². The molecule has 1 aromatic carbocycles. The molecule has 4 aromatic rings. The number of benzene rings is 1. The molecule has 3 heterocycles. The molecule has 0 unspecified atom stereocenters. The largest absolute Gasteiger partial charge is 0.451 e. The fourth-order valence-electron chi connectivity index (χ4n) is 2.71. The monoisotopic (exact) mass is 353 g/mol. The summed E-state index contributed by atoms with van der Waals surface area (Å²) in [6, 6.07) is 7.12. The molecule has 0 saturated heterocycles. The van der Waals surface area contributed by atoms with Gasteiger partial charge in [0.15, 0.2) is 12.8 Å². The van der Waals surface area contributed by atoms with E-state index in [1.165, 1.54) is 34.9 Å². The first-order chi connectivity index (χ1) is 12.7. The molecular weight excluding hydrogens is 338 g/mol. The van der Waals surface area contributed by atoms with Crippen molar-refractivity contribution in [3.05, 3.63) is 71.3 Å². The third kappa shape index (κ3) is 3.14. The van der Waals surface area contributed by atoms with Crippen LogP contribution in [0.25, 0.3) is 10.9 Å². The van der Waals surface area contributed by atoms with E-state index >= 15 is 0 Å². The number of H-pyrrole nitrogens is 1. The van der Waals surface area contributed by atoms with Crippen molar-refractivity contribution in [1.82, 2.24) is 24.6 Å². The Kier molecular flexibility index (Phi) is 4.10. The van der Waals surface area contributed by atoms with Crippen LogP contribution in [0.1, 0.15) is 11.4 Å². The molecule has 0 atom stereocenters. The lowest BCUT2D eigenvalue weighted by atomic mass is 10.3. The molecule has 0 aliphatic heterocycles. The Morgan fingerprint density at radius 1 is 1.08 bits per heavy atom. The molecule has 0 fully saturated rings. The van der Waals surface area contributed by atoms with E-state index in [1.807, 2.05) is 6.07 Å². The SMILES string of the molecule is O=C(Cn1[nH]c2ccccc2c1=O)N(Cc1cocn1)Cc1cocn1. The highest BCUT2D eigenvalue weighted by Gasteiger charge is 2.19. The van der Waals surface area contributed by atoms with Crippen LogP contribution in [0.5, 0.6) is 0 Å². The predicted molar refractivity (Wildman–Crippen MR) is 89.8 cm³/mol. The molecule has 132 valence electrons. The van der Waals surface area contributed by atoms with E-state index in [9.17, 15) is 9.59 Å². The summed E-state index contributed by atoms with van der Waals surface area (Å²) in [5, 5.41) is 3.50. The Hall–Kier alpha value is -3.62. The molecule has 0 aliphatic carbocycles. The van der Waals surface area contributed by atoms with Gasteiger partial charge in [0.1, 0.15) is 19.1 Å². The topological polar surface area (TPSA) is 110 Å². The lowest BCUT2D eigenvalue weighted by Gasteiger charge is -2.20. The maximum atomic E-state index is 12.8. The Morgan fingerprint density at radius 3 is 2.31 bits per heavy atom.